The van der Waals surface area contributed by atoms with Gasteiger partial charge in [0, 0.05) is 5.69 Å². The van der Waals surface area contributed by atoms with E-state index in [-0.39, 0.29) is 0 Å². The summed E-state index contributed by atoms with van der Waals surface area (Å²) >= 11 is 0. The first kappa shape index (κ1) is 10.2. The van der Waals surface area contributed by atoms with Crippen molar-refractivity contribution in [3.05, 3.63) is 29.3 Å². The summed E-state index contributed by atoms with van der Waals surface area (Å²) in [6, 6.07) is 5.22. The summed E-state index contributed by atoms with van der Waals surface area (Å²) in [6.07, 6.45) is 0. The molecule has 0 saturated carbocycles. The number of carbonyl (C=O) groups is 1. The third-order valence-corrected chi connectivity index (χ3v) is 1.88. The van der Waals surface area contributed by atoms with E-state index < -0.39 is 6.03 Å². The van der Waals surface area contributed by atoms with Gasteiger partial charge in [-0.15, -0.1) is 0 Å². The second-order valence-electron chi connectivity index (χ2n) is 2.94. The molecule has 5 nitrogen and oxygen atoms in total. The number of urea groups is 1. The third-order valence-electron chi connectivity index (χ3n) is 1.88. The number of rotatable bonds is 2. The van der Waals surface area contributed by atoms with E-state index in [0.717, 1.165) is 16.8 Å². The third kappa shape index (κ3) is 2.29. The number of para-hydroxylation sites is 1. The zero-order valence-corrected chi connectivity index (χ0v) is 8.09. The summed E-state index contributed by atoms with van der Waals surface area (Å²) in [7, 11) is 0. The monoisotopic (exact) mass is 192 g/mol. The van der Waals surface area contributed by atoms with Crippen LogP contribution >= 0.6 is 0 Å². The predicted molar refractivity (Wildman–Crippen MR) is 53.2 cm³/mol. The lowest BCUT2D eigenvalue weighted by Gasteiger charge is -2.09. The maximum atomic E-state index is 11.1. The zero-order valence-electron chi connectivity index (χ0n) is 8.09. The Labute approximate surface area is 82.0 Å². The molecule has 0 aliphatic carbocycles. The highest BCUT2D eigenvalue weighted by Gasteiger charge is 2.05. The van der Waals surface area contributed by atoms with Gasteiger partial charge in [-0.1, -0.05) is 23.4 Å². The Bertz CT molecular complexity index is 342. The summed E-state index contributed by atoms with van der Waals surface area (Å²) in [6.45, 7) is 3.81. The molecule has 74 valence electrons. The van der Waals surface area contributed by atoms with E-state index in [4.69, 9.17) is 5.53 Å². The van der Waals surface area contributed by atoms with Gasteiger partial charge < -0.3 is 5.32 Å². The number of aryl methyl sites for hydroxylation is 2. The molecule has 1 rings (SSSR count). The van der Waals surface area contributed by atoms with E-state index in [1.165, 1.54) is 0 Å². The van der Waals surface area contributed by atoms with Gasteiger partial charge in [-0.3, -0.25) is 0 Å². The molecule has 1 aromatic carbocycles. The molecule has 1 aromatic rings. The first-order valence-electron chi connectivity index (χ1n) is 4.15. The molecular formula is C9H12N4O. The lowest BCUT2D eigenvalue weighted by Crippen LogP contribution is -2.24. The van der Waals surface area contributed by atoms with Crippen LogP contribution in [-0.2, 0) is 0 Å². The number of amides is 2. The van der Waals surface area contributed by atoms with Gasteiger partial charge >= 0.3 is 6.03 Å². The van der Waals surface area contributed by atoms with Crippen molar-refractivity contribution >= 4 is 11.7 Å². The number of benzene rings is 1. The number of nitrogens with zero attached hydrogens (tertiary/aromatic N) is 1. The average molecular weight is 192 g/mol. The smallest absolute Gasteiger partial charge is 0.306 e. The van der Waals surface area contributed by atoms with Gasteiger partial charge in [0.1, 0.15) is 0 Å². The highest BCUT2D eigenvalue weighted by Crippen LogP contribution is 2.18. The standard InChI is InChI=1S/C9H12N4O/c1-6-4-3-5-7(2)8(6)11-9(14)12-13-10/h3-5H,1-2H3,(H3,10,11,12,14). The highest BCUT2D eigenvalue weighted by molar-refractivity contribution is 5.90. The largest absolute Gasteiger partial charge is 0.341 e. The Morgan fingerprint density at radius 1 is 1.36 bits per heavy atom. The summed E-state index contributed by atoms with van der Waals surface area (Å²) < 4.78 is 0. The van der Waals surface area contributed by atoms with Gasteiger partial charge in [0.05, 0.1) is 0 Å². The topological polar surface area (TPSA) is 77.3 Å². The van der Waals surface area contributed by atoms with Crippen LogP contribution in [0.2, 0.25) is 0 Å². The second kappa shape index (κ2) is 4.36. The maximum Gasteiger partial charge on any atom is 0.341 e. The molecule has 0 unspecified atom stereocenters. The molecule has 0 saturated heterocycles. The molecule has 0 aliphatic rings. The van der Waals surface area contributed by atoms with Crippen LogP contribution in [0.5, 0.6) is 0 Å². The van der Waals surface area contributed by atoms with Crippen molar-refractivity contribution < 1.29 is 4.79 Å². The van der Waals surface area contributed by atoms with Crippen LogP contribution in [0.25, 0.3) is 0 Å². The molecule has 3 N–H and O–H groups in total. The normalized spacial score (nSPS) is 9.29. The predicted octanol–water partition coefficient (Wildman–Crippen LogP) is 2.37. The molecule has 0 heterocycles. The van der Waals surface area contributed by atoms with Gasteiger partial charge in [0.15, 0.2) is 0 Å². The Kier molecular flexibility index (Phi) is 3.17. The average Bonchev–Trinajstić information content (AvgIpc) is 2.12. The van der Waals surface area contributed by atoms with E-state index in [1.807, 2.05) is 37.5 Å². The van der Waals surface area contributed by atoms with E-state index >= 15 is 0 Å². The number of hydrogen-bond acceptors (Lipinski definition) is 3. The second-order valence-corrected chi connectivity index (χ2v) is 2.94. The van der Waals surface area contributed by atoms with Crippen LogP contribution in [0.4, 0.5) is 10.5 Å². The molecule has 0 bridgehead atoms. The van der Waals surface area contributed by atoms with Crippen LogP contribution in [0.1, 0.15) is 11.1 Å². The van der Waals surface area contributed by atoms with Crippen molar-refractivity contribution in [3.63, 3.8) is 0 Å². The van der Waals surface area contributed by atoms with Crippen LogP contribution in [-0.4, -0.2) is 6.03 Å². The molecule has 14 heavy (non-hydrogen) atoms. The van der Waals surface area contributed by atoms with Gasteiger partial charge in [0.2, 0.25) is 0 Å². The Morgan fingerprint density at radius 2 is 1.93 bits per heavy atom. The number of carbonyl (C=O) groups excluding carboxylic acids is 1. The van der Waals surface area contributed by atoms with Crippen molar-refractivity contribution in [2.45, 2.75) is 13.8 Å². The minimum Gasteiger partial charge on any atom is -0.306 e. The summed E-state index contributed by atoms with van der Waals surface area (Å²) in [5, 5.41) is 5.39. The zero-order chi connectivity index (χ0) is 10.6. The SMILES string of the molecule is Cc1cccc(C)c1NC(=O)NN=N. The van der Waals surface area contributed by atoms with Gasteiger partial charge in [0.25, 0.3) is 0 Å². The van der Waals surface area contributed by atoms with E-state index in [1.54, 1.807) is 0 Å². The van der Waals surface area contributed by atoms with Gasteiger partial charge in [-0.2, -0.15) is 5.53 Å². The highest BCUT2D eigenvalue weighted by atomic mass is 16.2. The van der Waals surface area contributed by atoms with Crippen LogP contribution in [0.3, 0.4) is 0 Å². The van der Waals surface area contributed by atoms with Crippen LogP contribution in [0, 0.1) is 19.4 Å². The Hall–Kier alpha value is -1.91. The molecule has 0 aromatic heterocycles. The molecular weight excluding hydrogens is 180 g/mol. The summed E-state index contributed by atoms with van der Waals surface area (Å²) in [5.41, 5.74) is 11.2. The van der Waals surface area contributed by atoms with E-state index in [2.05, 4.69) is 10.5 Å². The molecule has 0 fully saturated rings. The summed E-state index contributed by atoms with van der Waals surface area (Å²) in [4.78, 5) is 11.1. The Balaban J connectivity index is 2.85. The summed E-state index contributed by atoms with van der Waals surface area (Å²) in [5.74, 6) is 0. The quantitative estimate of drug-likeness (QED) is 0.488. The van der Waals surface area contributed by atoms with Gasteiger partial charge in [-0.05, 0) is 25.0 Å². The Morgan fingerprint density at radius 3 is 2.43 bits per heavy atom. The maximum absolute atomic E-state index is 11.1. The molecule has 0 aliphatic heterocycles. The fraction of sp³-hybridized carbons (Fsp3) is 0.222. The van der Waals surface area contributed by atoms with Crippen molar-refractivity contribution in [2.24, 2.45) is 5.22 Å². The van der Waals surface area contributed by atoms with Gasteiger partial charge in [-0.25, -0.2) is 10.2 Å². The van der Waals surface area contributed by atoms with Crippen LogP contribution < -0.4 is 10.7 Å². The molecule has 5 heteroatoms. The first-order valence-corrected chi connectivity index (χ1v) is 4.15. The van der Waals surface area contributed by atoms with Crippen molar-refractivity contribution in [1.29, 1.82) is 5.53 Å². The molecule has 0 spiro atoms. The number of nitrogens with one attached hydrogen (secondary N) is 3. The molecule has 0 radical (unpaired) electrons. The van der Waals surface area contributed by atoms with Crippen LogP contribution in [0.15, 0.2) is 23.4 Å². The van der Waals surface area contributed by atoms with Crippen molar-refractivity contribution in [1.82, 2.24) is 5.43 Å². The lowest BCUT2D eigenvalue weighted by molar-refractivity contribution is 0.251. The van der Waals surface area contributed by atoms with Crippen molar-refractivity contribution in [3.8, 4) is 0 Å². The van der Waals surface area contributed by atoms with E-state index in [0.29, 0.717) is 0 Å². The fourth-order valence-electron chi connectivity index (χ4n) is 1.20. The number of hydrogen-bond donors (Lipinski definition) is 3. The number of anilines is 1. The molecule has 2 amide bonds. The van der Waals surface area contributed by atoms with Crippen molar-refractivity contribution in [2.75, 3.05) is 5.32 Å². The molecule has 0 atom stereocenters. The lowest BCUT2D eigenvalue weighted by atomic mass is 10.1. The minimum atomic E-state index is -0.502. The fourth-order valence-corrected chi connectivity index (χ4v) is 1.20. The minimum absolute atomic E-state index is 0.502. The van der Waals surface area contributed by atoms with E-state index in [9.17, 15) is 4.79 Å². The first-order chi connectivity index (χ1) is 6.65.